The Morgan fingerprint density at radius 1 is 1.00 bits per heavy atom. The second-order valence-corrected chi connectivity index (χ2v) is 10.4. The van der Waals surface area contributed by atoms with E-state index in [-0.39, 0.29) is 31.0 Å². The lowest BCUT2D eigenvalue weighted by Gasteiger charge is -2.22. The van der Waals surface area contributed by atoms with Gasteiger partial charge in [0, 0.05) is 62.4 Å². The van der Waals surface area contributed by atoms with E-state index in [0.717, 1.165) is 57.3 Å². The summed E-state index contributed by atoms with van der Waals surface area (Å²) in [4.78, 5) is 42.9. The molecule has 4 N–H and O–H groups in total. The van der Waals surface area contributed by atoms with Crippen molar-refractivity contribution in [2.45, 2.75) is 57.1 Å². The van der Waals surface area contributed by atoms with Gasteiger partial charge in [0.1, 0.15) is 17.3 Å². The zero-order valence-corrected chi connectivity index (χ0v) is 23.1. The van der Waals surface area contributed by atoms with Crippen molar-refractivity contribution in [2.75, 3.05) is 31.7 Å². The molecule has 2 aromatic carbocycles. The summed E-state index contributed by atoms with van der Waals surface area (Å²) >= 11 is 0. The van der Waals surface area contributed by atoms with Crippen LogP contribution in [0.25, 0.3) is 10.9 Å². The van der Waals surface area contributed by atoms with Gasteiger partial charge in [-0.3, -0.25) is 14.4 Å². The molecular formula is C30H36F2N4O5. The first kappa shape index (κ1) is 30.1. The lowest BCUT2D eigenvalue weighted by atomic mass is 10.0. The van der Waals surface area contributed by atoms with Crippen LogP contribution in [0.15, 0.2) is 42.5 Å². The summed E-state index contributed by atoms with van der Waals surface area (Å²) in [5, 5.41) is 16.9. The molecule has 220 valence electrons. The number of methoxy groups -OCH3 is 1. The van der Waals surface area contributed by atoms with Crippen LogP contribution < -0.4 is 15.5 Å². The summed E-state index contributed by atoms with van der Waals surface area (Å²) in [5.41, 5.74) is -0.581. The monoisotopic (exact) mass is 570 g/mol. The SMILES string of the molecule is COCCCCCCCCNC(=O)c1cc2cc(N3CCC(O)(C(=O)NCc4cc(F)cc(F)c4)C3=O)ccc2[nH]1. The molecule has 3 aromatic rings. The van der Waals surface area contributed by atoms with Crippen LogP contribution in [0.1, 0.15) is 61.0 Å². The summed E-state index contributed by atoms with van der Waals surface area (Å²) in [6.07, 6.45) is 6.27. The maximum atomic E-state index is 13.4. The second kappa shape index (κ2) is 13.7. The Balaban J connectivity index is 1.31. The number of aromatic nitrogens is 1. The standard InChI is InChI=1S/C30H36F2N4O5/c1-41-13-7-5-3-2-4-6-11-33-27(37)26-17-21-16-24(8-9-25(21)35-26)36-12-10-30(40,29(36)39)28(38)34-19-20-14-22(31)18-23(32)15-20/h8-9,14-18,35,40H,2-7,10-13,19H2,1H3,(H,33,37)(H,34,38). The zero-order valence-electron chi connectivity index (χ0n) is 23.1. The van der Waals surface area contributed by atoms with Gasteiger partial charge in [-0.25, -0.2) is 8.78 Å². The maximum absolute atomic E-state index is 13.4. The molecule has 0 aliphatic carbocycles. The van der Waals surface area contributed by atoms with E-state index in [9.17, 15) is 28.3 Å². The van der Waals surface area contributed by atoms with E-state index in [2.05, 4.69) is 15.6 Å². The number of benzene rings is 2. The summed E-state index contributed by atoms with van der Waals surface area (Å²) in [6.45, 7) is 1.21. The molecule has 9 nitrogen and oxygen atoms in total. The number of unbranched alkanes of at least 4 members (excludes halogenated alkanes) is 5. The summed E-state index contributed by atoms with van der Waals surface area (Å²) in [7, 11) is 1.71. The van der Waals surface area contributed by atoms with Gasteiger partial charge < -0.3 is 30.4 Å². The van der Waals surface area contributed by atoms with Crippen LogP contribution in [-0.4, -0.2) is 60.2 Å². The molecule has 3 amide bonds. The number of hydrogen-bond acceptors (Lipinski definition) is 5. The lowest BCUT2D eigenvalue weighted by molar-refractivity contribution is -0.149. The van der Waals surface area contributed by atoms with E-state index >= 15 is 0 Å². The number of hydrogen-bond donors (Lipinski definition) is 4. The Bertz CT molecular complexity index is 1370. The van der Waals surface area contributed by atoms with Crippen molar-refractivity contribution in [3.63, 3.8) is 0 Å². The maximum Gasteiger partial charge on any atom is 0.268 e. The molecule has 1 aromatic heterocycles. The highest BCUT2D eigenvalue weighted by Gasteiger charge is 2.51. The predicted molar refractivity (Wildman–Crippen MR) is 150 cm³/mol. The first-order valence-electron chi connectivity index (χ1n) is 13.9. The van der Waals surface area contributed by atoms with Gasteiger partial charge in [0.15, 0.2) is 0 Å². The molecule has 41 heavy (non-hydrogen) atoms. The minimum Gasteiger partial charge on any atom is -0.385 e. The van der Waals surface area contributed by atoms with E-state index in [1.165, 1.54) is 4.90 Å². The number of anilines is 1. The van der Waals surface area contributed by atoms with Crippen molar-refractivity contribution in [2.24, 2.45) is 0 Å². The molecule has 1 aliphatic heterocycles. The van der Waals surface area contributed by atoms with Gasteiger partial charge in [-0.15, -0.1) is 0 Å². The second-order valence-electron chi connectivity index (χ2n) is 10.4. The van der Waals surface area contributed by atoms with Crippen molar-refractivity contribution in [3.8, 4) is 0 Å². The fraction of sp³-hybridized carbons (Fsp3) is 0.433. The first-order chi connectivity index (χ1) is 19.7. The molecule has 0 radical (unpaired) electrons. The number of rotatable bonds is 14. The molecule has 4 rings (SSSR count). The average molecular weight is 571 g/mol. The summed E-state index contributed by atoms with van der Waals surface area (Å²) in [5.74, 6) is -3.55. The third kappa shape index (κ3) is 7.47. The fourth-order valence-electron chi connectivity index (χ4n) is 4.99. The van der Waals surface area contributed by atoms with E-state index in [1.807, 2.05) is 0 Å². The van der Waals surface area contributed by atoms with Gasteiger partial charge in [0.25, 0.3) is 17.7 Å². The summed E-state index contributed by atoms with van der Waals surface area (Å²) in [6, 6.07) is 9.64. The fourth-order valence-corrected chi connectivity index (χ4v) is 4.99. The molecule has 1 fully saturated rings. The van der Waals surface area contributed by atoms with Crippen LogP contribution in [0, 0.1) is 11.6 Å². The van der Waals surface area contributed by atoms with Crippen LogP contribution in [0.3, 0.4) is 0 Å². The minimum atomic E-state index is -2.31. The van der Waals surface area contributed by atoms with Crippen LogP contribution in [0.5, 0.6) is 0 Å². The normalized spacial score (nSPS) is 16.9. The number of carbonyl (C=O) groups is 3. The van der Waals surface area contributed by atoms with Gasteiger partial charge in [0.05, 0.1) is 0 Å². The van der Waals surface area contributed by atoms with E-state index in [4.69, 9.17) is 4.74 Å². The molecule has 1 saturated heterocycles. The first-order valence-corrected chi connectivity index (χ1v) is 13.9. The third-order valence-electron chi connectivity index (χ3n) is 7.27. The molecule has 1 aliphatic rings. The number of fused-ring (bicyclic) bond motifs is 1. The van der Waals surface area contributed by atoms with Crippen molar-refractivity contribution in [3.05, 3.63) is 65.4 Å². The largest absolute Gasteiger partial charge is 0.385 e. The highest BCUT2D eigenvalue weighted by Crippen LogP contribution is 2.31. The Morgan fingerprint density at radius 3 is 2.44 bits per heavy atom. The number of amides is 3. The van der Waals surface area contributed by atoms with Crippen molar-refractivity contribution in [1.82, 2.24) is 15.6 Å². The van der Waals surface area contributed by atoms with Crippen LogP contribution in [0.4, 0.5) is 14.5 Å². The quantitative estimate of drug-likeness (QED) is 0.173. The predicted octanol–water partition coefficient (Wildman–Crippen LogP) is 3.95. The molecule has 0 bridgehead atoms. The molecule has 1 atom stereocenters. The van der Waals surface area contributed by atoms with E-state index in [1.54, 1.807) is 31.4 Å². The van der Waals surface area contributed by atoms with Crippen LogP contribution >= 0.6 is 0 Å². The number of halogens is 2. The van der Waals surface area contributed by atoms with E-state index < -0.39 is 29.0 Å². The number of aliphatic hydroxyl groups is 1. The molecule has 0 saturated carbocycles. The highest BCUT2D eigenvalue weighted by molar-refractivity contribution is 6.16. The number of aromatic amines is 1. The summed E-state index contributed by atoms with van der Waals surface area (Å²) < 4.78 is 31.9. The van der Waals surface area contributed by atoms with Gasteiger partial charge in [-0.05, 0) is 54.8 Å². The zero-order chi connectivity index (χ0) is 29.4. The molecule has 1 unspecified atom stereocenters. The van der Waals surface area contributed by atoms with Crippen LogP contribution in [-0.2, 0) is 20.9 Å². The number of carbonyl (C=O) groups excluding carboxylic acids is 3. The minimum absolute atomic E-state index is 0.0903. The highest BCUT2D eigenvalue weighted by atomic mass is 19.1. The average Bonchev–Trinajstić information content (AvgIpc) is 3.51. The molecule has 0 spiro atoms. The smallest absolute Gasteiger partial charge is 0.268 e. The number of nitrogens with zero attached hydrogens (tertiary/aromatic N) is 1. The Morgan fingerprint density at radius 2 is 1.71 bits per heavy atom. The van der Waals surface area contributed by atoms with Crippen molar-refractivity contribution < 1.29 is 33.0 Å². The number of ether oxygens (including phenoxy) is 1. The van der Waals surface area contributed by atoms with Crippen molar-refractivity contribution in [1.29, 1.82) is 0 Å². The molecular weight excluding hydrogens is 534 g/mol. The van der Waals surface area contributed by atoms with Crippen molar-refractivity contribution >= 4 is 34.3 Å². The Kier molecular flexibility index (Phi) is 10.1. The molecule has 11 heteroatoms. The van der Waals surface area contributed by atoms with Gasteiger partial charge in [-0.2, -0.15) is 0 Å². The number of H-pyrrole nitrogens is 1. The lowest BCUT2D eigenvalue weighted by Crippen LogP contribution is -2.52. The van der Waals surface area contributed by atoms with Crippen LogP contribution in [0.2, 0.25) is 0 Å². The molecule has 2 heterocycles. The Labute approximate surface area is 237 Å². The topological polar surface area (TPSA) is 124 Å². The third-order valence-corrected chi connectivity index (χ3v) is 7.27. The van der Waals surface area contributed by atoms with Gasteiger partial charge in [0.2, 0.25) is 5.60 Å². The van der Waals surface area contributed by atoms with E-state index in [0.29, 0.717) is 34.9 Å². The number of nitrogens with one attached hydrogen (secondary N) is 3. The Hall–Kier alpha value is -3.83. The van der Waals surface area contributed by atoms with Gasteiger partial charge >= 0.3 is 0 Å². The van der Waals surface area contributed by atoms with Gasteiger partial charge in [-0.1, -0.05) is 25.7 Å².